The first-order chi connectivity index (χ1) is 9.66. The lowest BCUT2D eigenvalue weighted by Gasteiger charge is -2.41. The normalized spacial score (nSPS) is 23.9. The maximum atomic E-state index is 5.15. The van der Waals surface area contributed by atoms with E-state index < -0.39 is 0 Å². The van der Waals surface area contributed by atoms with Crippen LogP contribution in [0.4, 0.5) is 0 Å². The van der Waals surface area contributed by atoms with Gasteiger partial charge < -0.3 is 9.84 Å². The van der Waals surface area contributed by atoms with Gasteiger partial charge >= 0.3 is 0 Å². The van der Waals surface area contributed by atoms with E-state index in [1.54, 1.807) is 0 Å². The standard InChI is InChI=1S/C16H21N3O/c1-13-10-15(18-20-13)11-19-9-8-17-16(2,12-19)14-6-4-3-5-7-14/h3-7,10,17H,8-9,11-12H2,1-2H3. The monoisotopic (exact) mass is 271 g/mol. The second-order valence-corrected chi connectivity index (χ2v) is 5.76. The molecule has 1 aromatic heterocycles. The van der Waals surface area contributed by atoms with Crippen LogP contribution in [0.15, 0.2) is 40.9 Å². The predicted molar refractivity (Wildman–Crippen MR) is 78.3 cm³/mol. The fourth-order valence-electron chi connectivity index (χ4n) is 2.93. The molecule has 1 saturated heterocycles. The SMILES string of the molecule is Cc1cc(CN2CCNC(C)(c3ccccc3)C2)no1. The summed E-state index contributed by atoms with van der Waals surface area (Å²) in [6, 6.07) is 12.7. The zero-order chi connectivity index (χ0) is 14.0. The van der Waals surface area contributed by atoms with Crippen molar-refractivity contribution in [2.75, 3.05) is 19.6 Å². The van der Waals surface area contributed by atoms with E-state index in [1.165, 1.54) is 5.56 Å². The van der Waals surface area contributed by atoms with Gasteiger partial charge in [-0.3, -0.25) is 4.90 Å². The highest BCUT2D eigenvalue weighted by Crippen LogP contribution is 2.25. The van der Waals surface area contributed by atoms with Gasteiger partial charge in [0.25, 0.3) is 0 Å². The van der Waals surface area contributed by atoms with Crippen LogP contribution in [0.5, 0.6) is 0 Å². The Bertz CT molecular complexity index is 566. The Balaban J connectivity index is 1.73. The summed E-state index contributed by atoms with van der Waals surface area (Å²) >= 11 is 0. The van der Waals surface area contributed by atoms with Crippen LogP contribution in [0, 0.1) is 6.92 Å². The molecule has 2 heterocycles. The summed E-state index contributed by atoms with van der Waals surface area (Å²) in [6.45, 7) is 8.05. The van der Waals surface area contributed by atoms with Crippen LogP contribution in [0.3, 0.4) is 0 Å². The molecule has 106 valence electrons. The molecule has 1 aliphatic heterocycles. The van der Waals surface area contributed by atoms with Gasteiger partial charge in [-0.05, 0) is 19.4 Å². The second-order valence-electron chi connectivity index (χ2n) is 5.76. The van der Waals surface area contributed by atoms with Crippen molar-refractivity contribution in [2.45, 2.75) is 25.9 Å². The number of benzene rings is 1. The van der Waals surface area contributed by atoms with E-state index in [9.17, 15) is 0 Å². The van der Waals surface area contributed by atoms with Crippen molar-refractivity contribution in [1.29, 1.82) is 0 Å². The van der Waals surface area contributed by atoms with Gasteiger partial charge in [0, 0.05) is 32.2 Å². The Kier molecular flexibility index (Phi) is 3.59. The molecule has 0 saturated carbocycles. The Hall–Kier alpha value is -1.65. The smallest absolute Gasteiger partial charge is 0.133 e. The zero-order valence-corrected chi connectivity index (χ0v) is 12.1. The Morgan fingerprint density at radius 1 is 1.35 bits per heavy atom. The first kappa shape index (κ1) is 13.3. The largest absolute Gasteiger partial charge is 0.361 e. The van der Waals surface area contributed by atoms with Gasteiger partial charge in [-0.1, -0.05) is 35.5 Å². The molecule has 0 bridgehead atoms. The molecule has 3 rings (SSSR count). The number of rotatable bonds is 3. The maximum absolute atomic E-state index is 5.15. The molecule has 2 aromatic rings. The summed E-state index contributed by atoms with van der Waals surface area (Å²) in [5.74, 6) is 0.876. The second kappa shape index (κ2) is 5.38. The van der Waals surface area contributed by atoms with Crippen LogP contribution in [0.25, 0.3) is 0 Å². The summed E-state index contributed by atoms with van der Waals surface area (Å²) in [5, 5.41) is 7.74. The quantitative estimate of drug-likeness (QED) is 0.930. The van der Waals surface area contributed by atoms with Crippen molar-refractivity contribution in [1.82, 2.24) is 15.4 Å². The first-order valence-corrected chi connectivity index (χ1v) is 7.11. The number of nitrogens with one attached hydrogen (secondary N) is 1. The van der Waals surface area contributed by atoms with Crippen LogP contribution in [-0.4, -0.2) is 29.7 Å². The van der Waals surface area contributed by atoms with E-state index in [-0.39, 0.29) is 5.54 Å². The molecule has 1 unspecified atom stereocenters. The van der Waals surface area contributed by atoms with Crippen LogP contribution in [0.2, 0.25) is 0 Å². The first-order valence-electron chi connectivity index (χ1n) is 7.11. The minimum atomic E-state index is -0.00170. The molecule has 0 amide bonds. The van der Waals surface area contributed by atoms with Gasteiger partial charge in [-0.25, -0.2) is 0 Å². The van der Waals surface area contributed by atoms with E-state index in [4.69, 9.17) is 4.52 Å². The third-order valence-electron chi connectivity index (χ3n) is 3.96. The topological polar surface area (TPSA) is 41.3 Å². The fourth-order valence-corrected chi connectivity index (χ4v) is 2.93. The van der Waals surface area contributed by atoms with Gasteiger partial charge in [0.1, 0.15) is 5.76 Å². The molecule has 0 aliphatic carbocycles. The van der Waals surface area contributed by atoms with Gasteiger partial charge in [0.2, 0.25) is 0 Å². The molecule has 1 fully saturated rings. The highest BCUT2D eigenvalue weighted by atomic mass is 16.5. The number of hydrogen-bond donors (Lipinski definition) is 1. The van der Waals surface area contributed by atoms with Gasteiger partial charge in [0.15, 0.2) is 0 Å². The van der Waals surface area contributed by atoms with Crippen molar-refractivity contribution in [3.63, 3.8) is 0 Å². The van der Waals surface area contributed by atoms with E-state index in [0.29, 0.717) is 0 Å². The minimum Gasteiger partial charge on any atom is -0.361 e. The molecule has 0 spiro atoms. The summed E-state index contributed by atoms with van der Waals surface area (Å²) in [7, 11) is 0. The average molecular weight is 271 g/mol. The lowest BCUT2D eigenvalue weighted by molar-refractivity contribution is 0.134. The highest BCUT2D eigenvalue weighted by molar-refractivity contribution is 5.25. The van der Waals surface area contributed by atoms with Gasteiger partial charge in [0.05, 0.1) is 11.2 Å². The molecule has 20 heavy (non-hydrogen) atoms. The van der Waals surface area contributed by atoms with Crippen molar-refractivity contribution in [2.24, 2.45) is 0 Å². The minimum absolute atomic E-state index is 0.00170. The predicted octanol–water partition coefficient (Wildman–Crippen LogP) is 2.30. The maximum Gasteiger partial charge on any atom is 0.133 e. The lowest BCUT2D eigenvalue weighted by atomic mass is 9.89. The summed E-state index contributed by atoms with van der Waals surface area (Å²) in [6.07, 6.45) is 0. The van der Waals surface area contributed by atoms with E-state index in [0.717, 1.165) is 37.6 Å². The number of aromatic nitrogens is 1. The molecule has 4 heteroatoms. The zero-order valence-electron chi connectivity index (χ0n) is 12.1. The third kappa shape index (κ3) is 2.76. The summed E-state index contributed by atoms with van der Waals surface area (Å²) in [4.78, 5) is 2.43. The number of aryl methyl sites for hydroxylation is 1. The summed E-state index contributed by atoms with van der Waals surface area (Å²) in [5.41, 5.74) is 2.35. The third-order valence-corrected chi connectivity index (χ3v) is 3.96. The fraction of sp³-hybridized carbons (Fsp3) is 0.438. The van der Waals surface area contributed by atoms with Crippen molar-refractivity contribution < 1.29 is 4.52 Å². The van der Waals surface area contributed by atoms with Crippen molar-refractivity contribution >= 4 is 0 Å². The van der Waals surface area contributed by atoms with E-state index >= 15 is 0 Å². The molecular formula is C16H21N3O. The Labute approximate surface area is 119 Å². The molecule has 4 nitrogen and oxygen atoms in total. The number of hydrogen-bond acceptors (Lipinski definition) is 4. The lowest BCUT2D eigenvalue weighted by Crippen LogP contribution is -2.56. The molecule has 1 N–H and O–H groups in total. The Morgan fingerprint density at radius 3 is 2.85 bits per heavy atom. The van der Waals surface area contributed by atoms with E-state index in [1.807, 2.05) is 13.0 Å². The van der Waals surface area contributed by atoms with Crippen molar-refractivity contribution in [3.8, 4) is 0 Å². The Morgan fingerprint density at radius 2 is 2.15 bits per heavy atom. The average Bonchev–Trinajstić information content (AvgIpc) is 2.85. The number of nitrogens with zero attached hydrogens (tertiary/aromatic N) is 2. The highest BCUT2D eigenvalue weighted by Gasteiger charge is 2.32. The van der Waals surface area contributed by atoms with Crippen LogP contribution >= 0.6 is 0 Å². The van der Waals surface area contributed by atoms with Gasteiger partial charge in [-0.15, -0.1) is 0 Å². The van der Waals surface area contributed by atoms with Gasteiger partial charge in [-0.2, -0.15) is 0 Å². The molecule has 0 radical (unpaired) electrons. The molecule has 1 aromatic carbocycles. The number of piperazine rings is 1. The van der Waals surface area contributed by atoms with Crippen LogP contribution in [0.1, 0.15) is 23.9 Å². The molecular weight excluding hydrogens is 250 g/mol. The molecule has 1 aliphatic rings. The van der Waals surface area contributed by atoms with Crippen LogP contribution < -0.4 is 5.32 Å². The summed E-state index contributed by atoms with van der Waals surface area (Å²) < 4.78 is 5.15. The molecule has 1 atom stereocenters. The van der Waals surface area contributed by atoms with Crippen LogP contribution in [-0.2, 0) is 12.1 Å². The van der Waals surface area contributed by atoms with Crippen molar-refractivity contribution in [3.05, 3.63) is 53.4 Å². The van der Waals surface area contributed by atoms with E-state index in [2.05, 4.69) is 52.6 Å².